The van der Waals surface area contributed by atoms with Crippen LogP contribution in [0.3, 0.4) is 0 Å². The number of halogens is 3. The maximum atomic E-state index is 12.5. The number of aliphatic hydroxyl groups is 1. The Morgan fingerprint density at radius 3 is 2.24 bits per heavy atom. The molecule has 2 atom stereocenters. The summed E-state index contributed by atoms with van der Waals surface area (Å²) in [6, 6.07) is 3.40. The van der Waals surface area contributed by atoms with E-state index in [0.717, 1.165) is 11.4 Å². The number of alkyl halides is 3. The molecule has 2 unspecified atom stereocenters. The van der Waals surface area contributed by atoms with Crippen molar-refractivity contribution in [1.29, 1.82) is 0 Å². The molecular formula is C13H14F3N3O2. The average molecular weight is 301 g/mol. The smallest absolute Gasteiger partial charge is 0.383 e. The van der Waals surface area contributed by atoms with Gasteiger partial charge in [-0.2, -0.15) is 18.2 Å². The van der Waals surface area contributed by atoms with Gasteiger partial charge in [0.1, 0.15) is 0 Å². The molecule has 114 valence electrons. The fraction of sp³-hybridized carbons (Fsp3) is 0.462. The lowest BCUT2D eigenvalue weighted by molar-refractivity contribution is -0.210. The molecule has 0 saturated heterocycles. The van der Waals surface area contributed by atoms with Gasteiger partial charge in [-0.1, -0.05) is 12.1 Å². The fourth-order valence-corrected chi connectivity index (χ4v) is 1.92. The molecule has 0 aromatic carbocycles. The third kappa shape index (κ3) is 3.38. The largest absolute Gasteiger partial charge is 0.415 e. The second-order valence-corrected chi connectivity index (χ2v) is 4.87. The summed E-state index contributed by atoms with van der Waals surface area (Å²) < 4.78 is 42.3. The van der Waals surface area contributed by atoms with Gasteiger partial charge in [0.15, 0.2) is 6.10 Å². The zero-order valence-electron chi connectivity index (χ0n) is 11.6. The Morgan fingerprint density at radius 1 is 1.14 bits per heavy atom. The number of aryl methyl sites for hydroxylation is 2. The number of rotatable bonds is 3. The van der Waals surface area contributed by atoms with Crippen molar-refractivity contribution in [2.24, 2.45) is 0 Å². The minimum Gasteiger partial charge on any atom is -0.383 e. The van der Waals surface area contributed by atoms with Crippen LogP contribution in [-0.4, -0.2) is 32.5 Å². The van der Waals surface area contributed by atoms with Crippen LogP contribution in [0.15, 0.2) is 16.7 Å². The summed E-state index contributed by atoms with van der Waals surface area (Å²) in [5.74, 6) is -1.43. The molecule has 2 aromatic rings. The summed E-state index contributed by atoms with van der Waals surface area (Å²) in [6.45, 7) is 4.75. The minimum atomic E-state index is -4.74. The lowest BCUT2D eigenvalue weighted by Gasteiger charge is -2.17. The molecule has 0 fully saturated rings. The van der Waals surface area contributed by atoms with Gasteiger partial charge in [-0.25, -0.2) is 0 Å². The van der Waals surface area contributed by atoms with E-state index in [9.17, 15) is 18.3 Å². The summed E-state index contributed by atoms with van der Waals surface area (Å²) >= 11 is 0. The maximum Gasteiger partial charge on any atom is 0.415 e. The zero-order valence-corrected chi connectivity index (χ0v) is 11.6. The monoisotopic (exact) mass is 301 g/mol. The Balaban J connectivity index is 2.29. The molecular weight excluding hydrogens is 287 g/mol. The standard InChI is InChI=1S/C13H14F3N3O2/c1-6-4-9(5-7(2)17-6)11-18-12(21-19-11)8(3)10(20)13(14,15)16/h4-5,8,10,20H,1-3H3. The van der Waals surface area contributed by atoms with Crippen LogP contribution < -0.4 is 0 Å². The maximum absolute atomic E-state index is 12.5. The van der Waals surface area contributed by atoms with Gasteiger partial charge >= 0.3 is 6.18 Å². The van der Waals surface area contributed by atoms with E-state index < -0.39 is 18.2 Å². The first-order valence-electron chi connectivity index (χ1n) is 6.22. The van der Waals surface area contributed by atoms with Crippen LogP contribution in [0.2, 0.25) is 0 Å². The van der Waals surface area contributed by atoms with E-state index in [-0.39, 0.29) is 11.7 Å². The van der Waals surface area contributed by atoms with Crippen LogP contribution in [0.25, 0.3) is 11.4 Å². The summed E-state index contributed by atoms with van der Waals surface area (Å²) in [5, 5.41) is 12.9. The lowest BCUT2D eigenvalue weighted by atomic mass is 10.0. The molecule has 0 aliphatic rings. The first-order valence-corrected chi connectivity index (χ1v) is 6.22. The molecule has 8 heteroatoms. The van der Waals surface area contributed by atoms with Crippen LogP contribution in [-0.2, 0) is 0 Å². The number of hydrogen-bond donors (Lipinski definition) is 1. The van der Waals surface area contributed by atoms with E-state index >= 15 is 0 Å². The second kappa shape index (κ2) is 5.44. The van der Waals surface area contributed by atoms with Crippen molar-refractivity contribution in [2.45, 2.75) is 39.0 Å². The van der Waals surface area contributed by atoms with Gasteiger partial charge in [-0.05, 0) is 26.0 Å². The highest BCUT2D eigenvalue weighted by molar-refractivity contribution is 5.55. The first-order chi connectivity index (χ1) is 9.68. The Bertz CT molecular complexity index is 620. The van der Waals surface area contributed by atoms with Crippen molar-refractivity contribution in [2.75, 3.05) is 0 Å². The minimum absolute atomic E-state index is 0.167. The van der Waals surface area contributed by atoms with Gasteiger partial charge in [0.25, 0.3) is 0 Å². The molecule has 1 N–H and O–H groups in total. The molecule has 21 heavy (non-hydrogen) atoms. The van der Waals surface area contributed by atoms with Crippen molar-refractivity contribution in [3.63, 3.8) is 0 Å². The summed E-state index contributed by atoms with van der Waals surface area (Å²) in [4.78, 5) is 8.12. The van der Waals surface area contributed by atoms with Crippen molar-refractivity contribution in [3.8, 4) is 11.4 Å². The molecule has 0 aliphatic carbocycles. The van der Waals surface area contributed by atoms with E-state index in [4.69, 9.17) is 4.52 Å². The molecule has 2 rings (SSSR count). The molecule has 0 radical (unpaired) electrons. The highest BCUT2D eigenvalue weighted by atomic mass is 19.4. The molecule has 0 amide bonds. The van der Waals surface area contributed by atoms with Gasteiger partial charge in [0, 0.05) is 17.0 Å². The van der Waals surface area contributed by atoms with Crippen molar-refractivity contribution >= 4 is 0 Å². The molecule has 2 aromatic heterocycles. The zero-order chi connectivity index (χ0) is 15.8. The quantitative estimate of drug-likeness (QED) is 0.943. The Kier molecular flexibility index (Phi) is 3.99. The molecule has 2 heterocycles. The third-order valence-corrected chi connectivity index (χ3v) is 2.98. The van der Waals surface area contributed by atoms with Gasteiger partial charge < -0.3 is 9.63 Å². The van der Waals surface area contributed by atoms with E-state index in [1.807, 2.05) is 0 Å². The Hall–Kier alpha value is -1.96. The van der Waals surface area contributed by atoms with E-state index in [1.54, 1.807) is 26.0 Å². The molecule has 0 bridgehead atoms. The number of hydrogen-bond acceptors (Lipinski definition) is 5. The molecule has 0 saturated carbocycles. The lowest BCUT2D eigenvalue weighted by Crippen LogP contribution is -2.33. The molecule has 0 spiro atoms. The van der Waals surface area contributed by atoms with Gasteiger partial charge in [-0.3, -0.25) is 4.98 Å². The third-order valence-electron chi connectivity index (χ3n) is 2.98. The summed E-state index contributed by atoms with van der Waals surface area (Å²) in [6.07, 6.45) is -7.29. The highest BCUT2D eigenvalue weighted by Crippen LogP contribution is 2.31. The number of pyridine rings is 1. The summed E-state index contributed by atoms with van der Waals surface area (Å²) in [5.41, 5.74) is 2.07. The first kappa shape index (κ1) is 15.4. The number of aliphatic hydroxyl groups excluding tert-OH is 1. The second-order valence-electron chi connectivity index (χ2n) is 4.87. The Labute approximate surface area is 118 Å². The molecule has 0 aliphatic heterocycles. The molecule has 5 nitrogen and oxygen atoms in total. The average Bonchev–Trinajstić information content (AvgIpc) is 2.84. The predicted octanol–water partition coefficient (Wildman–Crippen LogP) is 2.78. The SMILES string of the molecule is Cc1cc(-c2noc(C(C)C(O)C(F)(F)F)n2)cc(C)n1. The van der Waals surface area contributed by atoms with E-state index in [0.29, 0.717) is 5.56 Å². The van der Waals surface area contributed by atoms with E-state index in [1.165, 1.54) is 6.92 Å². The predicted molar refractivity (Wildman–Crippen MR) is 67.5 cm³/mol. The van der Waals surface area contributed by atoms with Gasteiger partial charge in [-0.15, -0.1) is 0 Å². The Morgan fingerprint density at radius 2 is 1.71 bits per heavy atom. The van der Waals surface area contributed by atoms with Crippen molar-refractivity contribution in [3.05, 3.63) is 29.4 Å². The fourth-order valence-electron chi connectivity index (χ4n) is 1.92. The van der Waals surface area contributed by atoms with Gasteiger partial charge in [0.05, 0.1) is 5.92 Å². The van der Waals surface area contributed by atoms with E-state index in [2.05, 4.69) is 15.1 Å². The van der Waals surface area contributed by atoms with Crippen molar-refractivity contribution in [1.82, 2.24) is 15.1 Å². The summed E-state index contributed by atoms with van der Waals surface area (Å²) in [7, 11) is 0. The topological polar surface area (TPSA) is 72.0 Å². The number of nitrogens with zero attached hydrogens (tertiary/aromatic N) is 3. The highest BCUT2D eigenvalue weighted by Gasteiger charge is 2.44. The van der Waals surface area contributed by atoms with Crippen molar-refractivity contribution < 1.29 is 22.8 Å². The van der Waals surface area contributed by atoms with Crippen LogP contribution in [0.4, 0.5) is 13.2 Å². The van der Waals surface area contributed by atoms with Crippen LogP contribution >= 0.6 is 0 Å². The number of aromatic nitrogens is 3. The van der Waals surface area contributed by atoms with Crippen LogP contribution in [0, 0.1) is 13.8 Å². The van der Waals surface area contributed by atoms with Crippen LogP contribution in [0.5, 0.6) is 0 Å². The van der Waals surface area contributed by atoms with Crippen LogP contribution in [0.1, 0.15) is 30.1 Å². The van der Waals surface area contributed by atoms with Gasteiger partial charge in [0.2, 0.25) is 11.7 Å². The normalized spacial score (nSPS) is 15.0.